The molecule has 1 aromatic carbocycles. The van der Waals surface area contributed by atoms with Crippen molar-refractivity contribution in [1.82, 2.24) is 0 Å². The highest BCUT2D eigenvalue weighted by Crippen LogP contribution is 2.24. The third-order valence-corrected chi connectivity index (χ3v) is 4.06. The average molecular weight is 212 g/mol. The summed E-state index contributed by atoms with van der Waals surface area (Å²) in [6.45, 7) is 4.39. The number of hydrogen-bond donors (Lipinski definition) is 1. The third-order valence-electron chi connectivity index (χ3n) is 1.93. The van der Waals surface area contributed by atoms with Crippen molar-refractivity contribution in [1.29, 1.82) is 0 Å². The molecule has 0 saturated heterocycles. The molecule has 0 fully saturated rings. The quantitative estimate of drug-likeness (QED) is 0.587. The zero-order chi connectivity index (χ0) is 9.68. The molecule has 13 heavy (non-hydrogen) atoms. The number of benzene rings is 1. The van der Waals surface area contributed by atoms with Crippen molar-refractivity contribution >= 4 is 24.4 Å². The van der Waals surface area contributed by atoms with Crippen molar-refractivity contribution in [2.24, 2.45) is 5.92 Å². The second-order valence-electron chi connectivity index (χ2n) is 3.36. The predicted molar refractivity (Wildman–Crippen MR) is 64.9 cm³/mol. The van der Waals surface area contributed by atoms with E-state index in [4.69, 9.17) is 0 Å². The molecular formula is C11H16S2. The molecule has 0 aliphatic rings. The summed E-state index contributed by atoms with van der Waals surface area (Å²) in [6, 6.07) is 8.53. The van der Waals surface area contributed by atoms with Gasteiger partial charge in [-0.2, -0.15) is 12.6 Å². The van der Waals surface area contributed by atoms with Crippen molar-refractivity contribution in [2.75, 3.05) is 11.5 Å². The lowest BCUT2D eigenvalue weighted by Crippen LogP contribution is -1.99. The van der Waals surface area contributed by atoms with Gasteiger partial charge in [-0.05, 0) is 30.2 Å². The lowest BCUT2D eigenvalue weighted by molar-refractivity contribution is 0.766. The molecule has 1 rings (SSSR count). The largest absolute Gasteiger partial charge is 0.179 e. The number of rotatable bonds is 4. The monoisotopic (exact) mass is 212 g/mol. The third kappa shape index (κ3) is 3.65. The lowest BCUT2D eigenvalue weighted by Gasteiger charge is -2.08. The van der Waals surface area contributed by atoms with Crippen LogP contribution in [0.5, 0.6) is 0 Å². The Morgan fingerprint density at radius 1 is 1.38 bits per heavy atom. The molecule has 0 amide bonds. The summed E-state index contributed by atoms with van der Waals surface area (Å²) < 4.78 is 0. The molecular weight excluding hydrogens is 196 g/mol. The van der Waals surface area contributed by atoms with E-state index in [9.17, 15) is 0 Å². The van der Waals surface area contributed by atoms with Gasteiger partial charge in [0.05, 0.1) is 0 Å². The summed E-state index contributed by atoms with van der Waals surface area (Å²) in [5.74, 6) is 2.82. The van der Waals surface area contributed by atoms with Crippen molar-refractivity contribution in [3.63, 3.8) is 0 Å². The van der Waals surface area contributed by atoms with Crippen LogP contribution in [-0.2, 0) is 0 Å². The number of thiol groups is 1. The smallest absolute Gasteiger partial charge is 0.0101 e. The van der Waals surface area contributed by atoms with Crippen molar-refractivity contribution in [3.8, 4) is 0 Å². The molecule has 0 heterocycles. The summed E-state index contributed by atoms with van der Waals surface area (Å²) in [6.07, 6.45) is 0. The summed E-state index contributed by atoms with van der Waals surface area (Å²) in [4.78, 5) is 1.40. The van der Waals surface area contributed by atoms with Crippen LogP contribution in [0.1, 0.15) is 12.5 Å². The topological polar surface area (TPSA) is 0 Å². The van der Waals surface area contributed by atoms with Crippen LogP contribution >= 0.6 is 24.4 Å². The molecule has 0 spiro atoms. The summed E-state index contributed by atoms with van der Waals surface area (Å²) in [5, 5.41) is 0. The van der Waals surface area contributed by atoms with Crippen LogP contribution < -0.4 is 0 Å². The molecule has 0 saturated carbocycles. The highest BCUT2D eigenvalue weighted by molar-refractivity contribution is 7.99. The van der Waals surface area contributed by atoms with Gasteiger partial charge in [-0.25, -0.2) is 0 Å². The van der Waals surface area contributed by atoms with Gasteiger partial charge in [-0.3, -0.25) is 0 Å². The Hall–Kier alpha value is -0.0800. The van der Waals surface area contributed by atoms with E-state index in [1.165, 1.54) is 10.5 Å². The van der Waals surface area contributed by atoms with E-state index in [1.807, 2.05) is 11.8 Å². The molecule has 1 atom stereocenters. The normalized spacial score (nSPS) is 12.8. The van der Waals surface area contributed by atoms with E-state index in [1.54, 1.807) is 0 Å². The minimum Gasteiger partial charge on any atom is -0.179 e. The molecule has 0 radical (unpaired) electrons. The summed E-state index contributed by atoms with van der Waals surface area (Å²) in [7, 11) is 0. The highest BCUT2D eigenvalue weighted by atomic mass is 32.2. The van der Waals surface area contributed by atoms with Crippen LogP contribution in [0.2, 0.25) is 0 Å². The molecule has 1 unspecified atom stereocenters. The first-order valence-corrected chi connectivity index (χ1v) is 6.15. The Morgan fingerprint density at radius 3 is 2.69 bits per heavy atom. The van der Waals surface area contributed by atoms with Gasteiger partial charge in [-0.1, -0.05) is 25.1 Å². The first-order chi connectivity index (χ1) is 6.24. The van der Waals surface area contributed by atoms with Gasteiger partial charge < -0.3 is 0 Å². The van der Waals surface area contributed by atoms with Crippen molar-refractivity contribution in [3.05, 3.63) is 29.8 Å². The van der Waals surface area contributed by atoms with Gasteiger partial charge >= 0.3 is 0 Å². The fourth-order valence-corrected chi connectivity index (χ4v) is 2.36. The maximum Gasteiger partial charge on any atom is 0.0101 e. The molecule has 72 valence electrons. The zero-order valence-corrected chi connectivity index (χ0v) is 9.87. The van der Waals surface area contributed by atoms with Gasteiger partial charge in [0.25, 0.3) is 0 Å². The van der Waals surface area contributed by atoms with Crippen molar-refractivity contribution in [2.45, 2.75) is 18.7 Å². The maximum absolute atomic E-state index is 4.27. The SMILES string of the molecule is Cc1ccccc1SCC(C)CS. The Labute approximate surface area is 90.5 Å². The Kier molecular flexibility index (Phi) is 4.74. The van der Waals surface area contributed by atoms with Gasteiger partial charge in [-0.15, -0.1) is 11.8 Å². The Balaban J connectivity index is 2.50. The Bertz CT molecular complexity index is 258. The fraction of sp³-hybridized carbons (Fsp3) is 0.455. The predicted octanol–water partition coefficient (Wildman–Crippen LogP) is 3.65. The molecule has 0 nitrogen and oxygen atoms in total. The van der Waals surface area contributed by atoms with Gasteiger partial charge in [0.2, 0.25) is 0 Å². The first kappa shape index (κ1) is 11.0. The van der Waals surface area contributed by atoms with Gasteiger partial charge in [0.1, 0.15) is 0 Å². The van der Waals surface area contributed by atoms with Crippen molar-refractivity contribution < 1.29 is 0 Å². The van der Waals surface area contributed by atoms with Crippen LogP contribution in [0, 0.1) is 12.8 Å². The van der Waals surface area contributed by atoms with E-state index in [2.05, 4.69) is 50.7 Å². The standard InChI is InChI=1S/C11H16S2/c1-9(7-12)8-13-11-6-4-3-5-10(11)2/h3-6,9,12H,7-8H2,1-2H3. The zero-order valence-electron chi connectivity index (χ0n) is 8.16. The minimum absolute atomic E-state index is 0.688. The van der Waals surface area contributed by atoms with Crippen LogP contribution in [0.25, 0.3) is 0 Å². The maximum atomic E-state index is 4.27. The van der Waals surface area contributed by atoms with Gasteiger partial charge in [0.15, 0.2) is 0 Å². The number of thioether (sulfide) groups is 1. The highest BCUT2D eigenvalue weighted by Gasteiger charge is 2.02. The summed E-state index contributed by atoms with van der Waals surface area (Å²) in [5.41, 5.74) is 1.37. The van der Waals surface area contributed by atoms with Crippen LogP contribution in [-0.4, -0.2) is 11.5 Å². The molecule has 1 aromatic rings. The van der Waals surface area contributed by atoms with E-state index < -0.39 is 0 Å². The average Bonchev–Trinajstić information content (AvgIpc) is 2.16. The van der Waals surface area contributed by atoms with E-state index in [0.717, 1.165) is 11.5 Å². The van der Waals surface area contributed by atoms with Crippen LogP contribution in [0.15, 0.2) is 29.2 Å². The van der Waals surface area contributed by atoms with E-state index in [0.29, 0.717) is 5.92 Å². The minimum atomic E-state index is 0.688. The Morgan fingerprint density at radius 2 is 2.08 bits per heavy atom. The molecule has 2 heteroatoms. The molecule has 0 aliphatic carbocycles. The van der Waals surface area contributed by atoms with Crippen LogP contribution in [0.4, 0.5) is 0 Å². The van der Waals surface area contributed by atoms with E-state index >= 15 is 0 Å². The molecule has 0 aliphatic heterocycles. The second kappa shape index (κ2) is 5.61. The van der Waals surface area contributed by atoms with E-state index in [-0.39, 0.29) is 0 Å². The number of hydrogen-bond acceptors (Lipinski definition) is 2. The van der Waals surface area contributed by atoms with Gasteiger partial charge in [0, 0.05) is 10.6 Å². The second-order valence-corrected chi connectivity index (χ2v) is 4.79. The first-order valence-electron chi connectivity index (χ1n) is 4.53. The fourth-order valence-electron chi connectivity index (χ4n) is 1.00. The molecule has 0 bridgehead atoms. The number of aryl methyl sites for hydroxylation is 1. The van der Waals surface area contributed by atoms with Crippen LogP contribution in [0.3, 0.4) is 0 Å². The molecule has 0 aromatic heterocycles. The molecule has 0 N–H and O–H groups in total. The summed E-state index contributed by atoms with van der Waals surface area (Å²) >= 11 is 6.21. The lowest BCUT2D eigenvalue weighted by atomic mass is 10.2.